The lowest BCUT2D eigenvalue weighted by atomic mass is 10.0. The molecule has 0 radical (unpaired) electrons. The minimum absolute atomic E-state index is 0.143. The smallest absolute Gasteiger partial charge is 0.317 e. The van der Waals surface area contributed by atoms with E-state index in [2.05, 4.69) is 5.32 Å². The molecule has 118 valence electrons. The number of alkyl halides is 3. The maximum atomic E-state index is 13.1. The van der Waals surface area contributed by atoms with Crippen molar-refractivity contribution in [3.8, 4) is 0 Å². The van der Waals surface area contributed by atoms with Gasteiger partial charge in [0.1, 0.15) is 5.82 Å². The van der Waals surface area contributed by atoms with Crippen LogP contribution in [-0.2, 0) is 12.7 Å². The van der Waals surface area contributed by atoms with Crippen molar-refractivity contribution >= 4 is 0 Å². The molecule has 1 heterocycles. The molecule has 1 saturated heterocycles. The summed E-state index contributed by atoms with van der Waals surface area (Å²) in [4.78, 5) is 2.04. The van der Waals surface area contributed by atoms with Gasteiger partial charge in [-0.2, -0.15) is 13.2 Å². The first-order valence-corrected chi connectivity index (χ1v) is 7.22. The number of piperidine rings is 1. The molecule has 1 aliphatic heterocycles. The molecule has 2 nitrogen and oxygen atoms in total. The summed E-state index contributed by atoms with van der Waals surface area (Å²) >= 11 is 0. The van der Waals surface area contributed by atoms with E-state index >= 15 is 0 Å². The van der Waals surface area contributed by atoms with Crippen LogP contribution in [0.3, 0.4) is 0 Å². The molecule has 0 saturated carbocycles. The lowest BCUT2D eigenvalue weighted by molar-refractivity contribution is -0.138. The quantitative estimate of drug-likeness (QED) is 0.858. The minimum atomic E-state index is -4.52. The molecular formula is C15H20F4N2. The van der Waals surface area contributed by atoms with E-state index in [-0.39, 0.29) is 18.2 Å². The van der Waals surface area contributed by atoms with Crippen LogP contribution >= 0.6 is 0 Å². The summed E-state index contributed by atoms with van der Waals surface area (Å²) < 4.78 is 52.2. The minimum Gasteiger partial charge on any atom is -0.317 e. The molecule has 0 amide bonds. The molecule has 0 bridgehead atoms. The van der Waals surface area contributed by atoms with Gasteiger partial charge in [0.15, 0.2) is 0 Å². The van der Waals surface area contributed by atoms with Crippen molar-refractivity contribution < 1.29 is 17.6 Å². The average Bonchev–Trinajstić information content (AvgIpc) is 2.46. The van der Waals surface area contributed by atoms with Crippen molar-refractivity contribution in [2.45, 2.75) is 38.5 Å². The standard InChI is InChI=1S/C15H20F4N2/c1-2-21(13-5-7-20-8-6-13)10-11-3-4-12(16)9-14(11)15(17,18)19/h3-4,9,13,20H,2,5-8,10H2,1H3. The van der Waals surface area contributed by atoms with Gasteiger partial charge in [-0.05, 0) is 50.2 Å². The second kappa shape index (κ2) is 6.75. The molecule has 2 rings (SSSR count). The second-order valence-electron chi connectivity index (χ2n) is 5.34. The molecule has 6 heteroatoms. The van der Waals surface area contributed by atoms with E-state index in [1.54, 1.807) is 0 Å². The van der Waals surface area contributed by atoms with E-state index in [0.29, 0.717) is 12.6 Å². The van der Waals surface area contributed by atoms with Gasteiger partial charge in [0, 0.05) is 12.6 Å². The van der Waals surface area contributed by atoms with E-state index in [0.717, 1.165) is 32.0 Å². The van der Waals surface area contributed by atoms with Crippen LogP contribution < -0.4 is 5.32 Å². The number of benzene rings is 1. The van der Waals surface area contributed by atoms with Gasteiger partial charge in [0.05, 0.1) is 5.56 Å². The van der Waals surface area contributed by atoms with Crippen molar-refractivity contribution in [1.82, 2.24) is 10.2 Å². The number of rotatable bonds is 4. The van der Waals surface area contributed by atoms with E-state index in [9.17, 15) is 17.6 Å². The molecule has 0 atom stereocenters. The highest BCUT2D eigenvalue weighted by Gasteiger charge is 2.34. The fraction of sp³-hybridized carbons (Fsp3) is 0.600. The monoisotopic (exact) mass is 304 g/mol. The van der Waals surface area contributed by atoms with Crippen LogP contribution in [0.4, 0.5) is 17.6 Å². The summed E-state index contributed by atoms with van der Waals surface area (Å²) in [6, 6.07) is 3.22. The van der Waals surface area contributed by atoms with Gasteiger partial charge < -0.3 is 5.32 Å². The molecule has 1 aromatic rings. The highest BCUT2D eigenvalue weighted by atomic mass is 19.4. The first-order valence-electron chi connectivity index (χ1n) is 7.22. The Hall–Kier alpha value is -1.14. The van der Waals surface area contributed by atoms with Gasteiger partial charge in [-0.15, -0.1) is 0 Å². The Morgan fingerprint density at radius 3 is 2.48 bits per heavy atom. The molecule has 1 fully saturated rings. The van der Waals surface area contributed by atoms with Gasteiger partial charge in [0.25, 0.3) is 0 Å². The zero-order valence-corrected chi connectivity index (χ0v) is 12.0. The SMILES string of the molecule is CCN(Cc1ccc(F)cc1C(F)(F)F)C1CCNCC1. The zero-order chi connectivity index (χ0) is 15.5. The van der Waals surface area contributed by atoms with Crippen LogP contribution in [0.5, 0.6) is 0 Å². The molecule has 0 aliphatic carbocycles. The molecule has 0 aromatic heterocycles. The van der Waals surface area contributed by atoms with E-state index < -0.39 is 17.6 Å². The summed E-state index contributed by atoms with van der Waals surface area (Å²) in [5.74, 6) is -0.851. The Bertz CT molecular complexity index is 467. The van der Waals surface area contributed by atoms with Crippen LogP contribution in [0.25, 0.3) is 0 Å². The summed E-state index contributed by atoms with van der Waals surface area (Å²) in [6.45, 7) is 4.60. The number of halogens is 4. The van der Waals surface area contributed by atoms with E-state index in [1.165, 1.54) is 6.07 Å². The predicted molar refractivity (Wildman–Crippen MR) is 73.4 cm³/mol. The Morgan fingerprint density at radius 1 is 1.24 bits per heavy atom. The van der Waals surface area contributed by atoms with E-state index in [4.69, 9.17) is 0 Å². The van der Waals surface area contributed by atoms with Gasteiger partial charge in [0.2, 0.25) is 0 Å². The van der Waals surface area contributed by atoms with Crippen LogP contribution in [0.1, 0.15) is 30.9 Å². The molecule has 0 spiro atoms. The highest BCUT2D eigenvalue weighted by molar-refractivity contribution is 5.30. The van der Waals surface area contributed by atoms with Crippen molar-refractivity contribution in [2.24, 2.45) is 0 Å². The summed E-state index contributed by atoms with van der Waals surface area (Å²) in [5.41, 5.74) is -0.723. The Labute approximate surface area is 122 Å². The van der Waals surface area contributed by atoms with Crippen LogP contribution in [0.15, 0.2) is 18.2 Å². The number of nitrogens with zero attached hydrogens (tertiary/aromatic N) is 1. The van der Waals surface area contributed by atoms with E-state index in [1.807, 2.05) is 11.8 Å². The zero-order valence-electron chi connectivity index (χ0n) is 12.0. The first kappa shape index (κ1) is 16.2. The Morgan fingerprint density at radius 2 is 1.90 bits per heavy atom. The summed E-state index contributed by atoms with van der Waals surface area (Å²) in [6.07, 6.45) is -2.67. The molecular weight excluding hydrogens is 284 g/mol. The van der Waals surface area contributed by atoms with Crippen molar-refractivity contribution in [3.63, 3.8) is 0 Å². The van der Waals surface area contributed by atoms with Gasteiger partial charge in [-0.1, -0.05) is 13.0 Å². The van der Waals surface area contributed by atoms with Crippen molar-refractivity contribution in [1.29, 1.82) is 0 Å². The van der Waals surface area contributed by atoms with Gasteiger partial charge >= 0.3 is 6.18 Å². The number of hydrogen-bond donors (Lipinski definition) is 1. The number of hydrogen-bond acceptors (Lipinski definition) is 2. The first-order chi connectivity index (χ1) is 9.91. The largest absolute Gasteiger partial charge is 0.416 e. The van der Waals surface area contributed by atoms with Gasteiger partial charge in [-0.25, -0.2) is 4.39 Å². The van der Waals surface area contributed by atoms with Crippen LogP contribution in [0, 0.1) is 5.82 Å². The molecule has 1 aromatic carbocycles. The third kappa shape index (κ3) is 4.17. The van der Waals surface area contributed by atoms with Crippen LogP contribution in [-0.4, -0.2) is 30.6 Å². The number of nitrogens with one attached hydrogen (secondary N) is 1. The highest BCUT2D eigenvalue weighted by Crippen LogP contribution is 2.33. The predicted octanol–water partition coefficient (Wildman–Crippen LogP) is 3.42. The molecule has 1 aliphatic rings. The average molecular weight is 304 g/mol. The third-order valence-electron chi connectivity index (χ3n) is 3.98. The lowest BCUT2D eigenvalue weighted by Crippen LogP contribution is -2.42. The fourth-order valence-electron chi connectivity index (χ4n) is 2.84. The summed E-state index contributed by atoms with van der Waals surface area (Å²) in [7, 11) is 0. The lowest BCUT2D eigenvalue weighted by Gasteiger charge is -2.34. The Kier molecular flexibility index (Phi) is 5.22. The van der Waals surface area contributed by atoms with Crippen LogP contribution in [0.2, 0.25) is 0 Å². The summed E-state index contributed by atoms with van der Waals surface area (Å²) in [5, 5.41) is 3.24. The molecule has 1 N–H and O–H groups in total. The van der Waals surface area contributed by atoms with Gasteiger partial charge in [-0.3, -0.25) is 4.90 Å². The maximum absolute atomic E-state index is 13.1. The fourth-order valence-corrected chi connectivity index (χ4v) is 2.84. The maximum Gasteiger partial charge on any atom is 0.416 e. The Balaban J connectivity index is 2.20. The molecule has 21 heavy (non-hydrogen) atoms. The van der Waals surface area contributed by atoms with Crippen molar-refractivity contribution in [2.75, 3.05) is 19.6 Å². The molecule has 0 unspecified atom stereocenters. The normalized spacial score (nSPS) is 17.4. The second-order valence-corrected chi connectivity index (χ2v) is 5.34. The van der Waals surface area contributed by atoms with Crippen molar-refractivity contribution in [3.05, 3.63) is 35.1 Å². The topological polar surface area (TPSA) is 15.3 Å². The third-order valence-corrected chi connectivity index (χ3v) is 3.98.